The third-order valence-electron chi connectivity index (χ3n) is 3.04. The van der Waals surface area contributed by atoms with Crippen molar-refractivity contribution in [2.75, 3.05) is 25.6 Å². The highest BCUT2D eigenvalue weighted by Gasteiger charge is 2.27. The summed E-state index contributed by atoms with van der Waals surface area (Å²) >= 11 is 1.81. The first-order valence-electron chi connectivity index (χ1n) is 5.82. The Kier molecular flexibility index (Phi) is 3.50. The molecule has 0 amide bonds. The quantitative estimate of drug-likeness (QED) is 0.822. The average molecular weight is 240 g/mol. The van der Waals surface area contributed by atoms with Crippen molar-refractivity contribution in [3.8, 4) is 0 Å². The number of anilines is 1. The maximum atomic E-state index is 5.01. The Balaban J connectivity index is 2.01. The minimum Gasteiger partial charge on any atom is -0.383 e. The molecule has 1 heterocycles. The minimum absolute atomic E-state index is 0.448. The van der Waals surface area contributed by atoms with Crippen molar-refractivity contribution in [1.29, 1.82) is 0 Å². The van der Waals surface area contributed by atoms with Gasteiger partial charge in [-0.1, -0.05) is 13.8 Å². The molecule has 1 aromatic heterocycles. The Morgan fingerprint density at radius 2 is 2.31 bits per heavy atom. The zero-order valence-corrected chi connectivity index (χ0v) is 11.1. The number of methoxy groups -OCH3 is 1. The summed E-state index contributed by atoms with van der Waals surface area (Å²) in [6.45, 7) is 6.25. The Hall–Kier alpha value is -0.610. The molecule has 4 heteroatoms. The molecule has 1 aromatic rings. The van der Waals surface area contributed by atoms with Crippen LogP contribution in [0.1, 0.15) is 30.8 Å². The lowest BCUT2D eigenvalue weighted by Crippen LogP contribution is -2.20. The van der Waals surface area contributed by atoms with Crippen LogP contribution in [-0.2, 0) is 17.6 Å². The van der Waals surface area contributed by atoms with E-state index in [2.05, 4.69) is 24.1 Å². The van der Waals surface area contributed by atoms with E-state index in [1.165, 1.54) is 23.4 Å². The molecule has 0 saturated carbocycles. The minimum atomic E-state index is 0.448. The lowest BCUT2D eigenvalue weighted by molar-refractivity contribution is 0.211. The molecule has 1 aliphatic rings. The predicted molar refractivity (Wildman–Crippen MR) is 68.3 cm³/mol. The lowest BCUT2D eigenvalue weighted by Gasteiger charge is -2.28. The molecule has 0 aliphatic heterocycles. The number of hydrogen-bond acceptors (Lipinski definition) is 4. The van der Waals surface area contributed by atoms with Crippen LogP contribution in [0.25, 0.3) is 0 Å². The average Bonchev–Trinajstić information content (AvgIpc) is 2.58. The molecule has 16 heavy (non-hydrogen) atoms. The highest BCUT2D eigenvalue weighted by molar-refractivity contribution is 7.15. The van der Waals surface area contributed by atoms with Crippen LogP contribution >= 0.6 is 11.3 Å². The lowest BCUT2D eigenvalue weighted by atomic mass is 9.79. The number of rotatable bonds is 4. The van der Waals surface area contributed by atoms with E-state index >= 15 is 0 Å². The van der Waals surface area contributed by atoms with Gasteiger partial charge in [-0.15, -0.1) is 11.3 Å². The highest BCUT2D eigenvalue weighted by Crippen LogP contribution is 2.38. The van der Waals surface area contributed by atoms with Gasteiger partial charge in [-0.05, 0) is 24.7 Å². The van der Waals surface area contributed by atoms with Crippen molar-refractivity contribution in [2.45, 2.75) is 33.1 Å². The molecule has 0 bridgehead atoms. The van der Waals surface area contributed by atoms with Gasteiger partial charge in [0.1, 0.15) is 0 Å². The van der Waals surface area contributed by atoms with Crippen molar-refractivity contribution >= 4 is 16.5 Å². The van der Waals surface area contributed by atoms with Gasteiger partial charge >= 0.3 is 0 Å². The second kappa shape index (κ2) is 4.72. The molecular formula is C12H20N2OS. The Morgan fingerprint density at radius 1 is 1.50 bits per heavy atom. The molecule has 0 atom stereocenters. The fourth-order valence-corrected chi connectivity index (χ4v) is 3.32. The summed E-state index contributed by atoms with van der Waals surface area (Å²) in [5.41, 5.74) is 1.76. The molecular weight excluding hydrogens is 220 g/mol. The van der Waals surface area contributed by atoms with E-state index in [4.69, 9.17) is 4.74 Å². The Bertz CT molecular complexity index is 360. The van der Waals surface area contributed by atoms with Crippen molar-refractivity contribution in [1.82, 2.24) is 4.98 Å². The SMILES string of the molecule is COCCNc1nc2c(s1)CC(C)(C)CC2. The van der Waals surface area contributed by atoms with Gasteiger partial charge in [0.2, 0.25) is 0 Å². The van der Waals surface area contributed by atoms with Crippen LogP contribution in [0.15, 0.2) is 0 Å². The van der Waals surface area contributed by atoms with Crippen LogP contribution in [-0.4, -0.2) is 25.2 Å². The Labute approximate surface area is 101 Å². The topological polar surface area (TPSA) is 34.1 Å². The summed E-state index contributed by atoms with van der Waals surface area (Å²) in [7, 11) is 1.72. The number of nitrogens with one attached hydrogen (secondary N) is 1. The van der Waals surface area contributed by atoms with E-state index in [0.29, 0.717) is 5.41 Å². The molecule has 0 unspecified atom stereocenters. The second-order valence-electron chi connectivity index (χ2n) is 5.15. The van der Waals surface area contributed by atoms with Gasteiger partial charge in [0, 0.05) is 18.5 Å². The van der Waals surface area contributed by atoms with Gasteiger partial charge < -0.3 is 10.1 Å². The van der Waals surface area contributed by atoms with E-state index in [9.17, 15) is 0 Å². The summed E-state index contributed by atoms with van der Waals surface area (Å²) < 4.78 is 5.01. The van der Waals surface area contributed by atoms with Gasteiger partial charge in [-0.2, -0.15) is 0 Å². The molecule has 0 spiro atoms. The van der Waals surface area contributed by atoms with E-state index in [1.807, 2.05) is 11.3 Å². The fourth-order valence-electron chi connectivity index (χ4n) is 2.03. The van der Waals surface area contributed by atoms with Crippen LogP contribution in [0, 0.1) is 5.41 Å². The smallest absolute Gasteiger partial charge is 0.183 e. The molecule has 1 N–H and O–H groups in total. The van der Waals surface area contributed by atoms with Gasteiger partial charge in [-0.3, -0.25) is 0 Å². The highest BCUT2D eigenvalue weighted by atomic mass is 32.1. The summed E-state index contributed by atoms with van der Waals surface area (Å²) in [4.78, 5) is 6.11. The first-order valence-corrected chi connectivity index (χ1v) is 6.64. The van der Waals surface area contributed by atoms with E-state index < -0.39 is 0 Å². The van der Waals surface area contributed by atoms with Crippen molar-refractivity contribution < 1.29 is 4.74 Å². The molecule has 0 saturated heterocycles. The zero-order chi connectivity index (χ0) is 11.6. The van der Waals surface area contributed by atoms with Gasteiger partial charge in [0.15, 0.2) is 5.13 Å². The standard InChI is InChI=1S/C12H20N2OS/c1-12(2)5-4-9-10(8-12)16-11(14-9)13-6-7-15-3/h4-8H2,1-3H3,(H,13,14). The van der Waals surface area contributed by atoms with Crippen LogP contribution in [0.4, 0.5) is 5.13 Å². The number of hydrogen-bond donors (Lipinski definition) is 1. The Morgan fingerprint density at radius 3 is 3.06 bits per heavy atom. The van der Waals surface area contributed by atoms with Gasteiger partial charge in [0.05, 0.1) is 12.3 Å². The monoisotopic (exact) mass is 240 g/mol. The third kappa shape index (κ3) is 2.74. The molecule has 0 radical (unpaired) electrons. The molecule has 3 nitrogen and oxygen atoms in total. The maximum absolute atomic E-state index is 5.01. The molecule has 1 aliphatic carbocycles. The fraction of sp³-hybridized carbons (Fsp3) is 0.750. The van der Waals surface area contributed by atoms with Crippen LogP contribution in [0.5, 0.6) is 0 Å². The van der Waals surface area contributed by atoms with Gasteiger partial charge in [0.25, 0.3) is 0 Å². The molecule has 90 valence electrons. The predicted octanol–water partition coefficient (Wildman–Crippen LogP) is 2.72. The first-order chi connectivity index (χ1) is 7.61. The van der Waals surface area contributed by atoms with Gasteiger partial charge in [-0.25, -0.2) is 4.98 Å². The normalized spacial score (nSPS) is 18.2. The maximum Gasteiger partial charge on any atom is 0.183 e. The van der Waals surface area contributed by atoms with Crippen molar-refractivity contribution in [2.24, 2.45) is 5.41 Å². The zero-order valence-electron chi connectivity index (χ0n) is 10.3. The van der Waals surface area contributed by atoms with E-state index in [0.717, 1.165) is 24.7 Å². The summed E-state index contributed by atoms with van der Waals surface area (Å²) in [5, 5.41) is 4.37. The van der Waals surface area contributed by atoms with Crippen LogP contribution in [0.3, 0.4) is 0 Å². The van der Waals surface area contributed by atoms with Crippen LogP contribution in [0.2, 0.25) is 0 Å². The van der Waals surface area contributed by atoms with Crippen molar-refractivity contribution in [3.05, 3.63) is 10.6 Å². The van der Waals surface area contributed by atoms with Crippen molar-refractivity contribution in [3.63, 3.8) is 0 Å². The molecule has 0 aromatic carbocycles. The second-order valence-corrected chi connectivity index (χ2v) is 6.23. The number of nitrogens with zero attached hydrogens (tertiary/aromatic N) is 1. The number of aryl methyl sites for hydroxylation is 1. The number of thiazole rings is 1. The molecule has 0 fully saturated rings. The van der Waals surface area contributed by atoms with E-state index in [-0.39, 0.29) is 0 Å². The third-order valence-corrected chi connectivity index (χ3v) is 4.09. The number of ether oxygens (including phenoxy) is 1. The first kappa shape index (κ1) is 11.9. The number of aromatic nitrogens is 1. The molecule has 2 rings (SSSR count). The largest absolute Gasteiger partial charge is 0.383 e. The van der Waals surface area contributed by atoms with Crippen LogP contribution < -0.4 is 5.32 Å². The van der Waals surface area contributed by atoms with E-state index in [1.54, 1.807) is 7.11 Å². The summed E-state index contributed by atoms with van der Waals surface area (Å²) in [6, 6.07) is 0. The summed E-state index contributed by atoms with van der Waals surface area (Å²) in [5.74, 6) is 0. The summed E-state index contributed by atoms with van der Waals surface area (Å²) in [6.07, 6.45) is 3.55. The number of fused-ring (bicyclic) bond motifs is 1.